The molecule has 9 nitrogen and oxygen atoms in total. The van der Waals surface area contributed by atoms with Gasteiger partial charge < -0.3 is 24.8 Å². The number of nitrogens with zero attached hydrogens (tertiary/aromatic N) is 2. The van der Waals surface area contributed by atoms with Crippen LogP contribution >= 0.6 is 0 Å². The second-order valence-corrected chi connectivity index (χ2v) is 21.9. The van der Waals surface area contributed by atoms with Gasteiger partial charge in [0.1, 0.15) is 6.10 Å². The predicted molar refractivity (Wildman–Crippen MR) is 223 cm³/mol. The molecule has 9 heteroatoms. The quantitative estimate of drug-likeness (QED) is 0.168. The number of amides is 1. The molecule has 57 heavy (non-hydrogen) atoms. The van der Waals surface area contributed by atoms with Crippen LogP contribution in [0.25, 0.3) is 0 Å². The molecule has 316 valence electrons. The van der Waals surface area contributed by atoms with Crippen LogP contribution in [0.15, 0.2) is 30.5 Å². The fourth-order valence-corrected chi connectivity index (χ4v) is 14.9. The minimum absolute atomic E-state index is 0.00123. The summed E-state index contributed by atoms with van der Waals surface area (Å²) in [6, 6.07) is 4.16. The van der Waals surface area contributed by atoms with Gasteiger partial charge in [-0.1, -0.05) is 60.6 Å². The first-order chi connectivity index (χ1) is 26.7. The zero-order valence-corrected chi connectivity index (χ0v) is 36.5. The Morgan fingerprint density at radius 3 is 2.33 bits per heavy atom. The maximum atomic E-state index is 14.0. The van der Waals surface area contributed by atoms with Crippen molar-refractivity contribution < 1.29 is 29.0 Å². The van der Waals surface area contributed by atoms with E-state index >= 15 is 0 Å². The third-order valence-electron chi connectivity index (χ3n) is 17.9. The molecule has 6 aliphatic rings. The number of aromatic nitrogens is 1. The Balaban J connectivity index is 1.05. The Bertz CT molecular complexity index is 1700. The second-order valence-electron chi connectivity index (χ2n) is 21.9. The van der Waals surface area contributed by atoms with Crippen molar-refractivity contribution in [2.24, 2.45) is 62.1 Å². The third kappa shape index (κ3) is 7.47. The van der Waals surface area contributed by atoms with Crippen molar-refractivity contribution in [1.82, 2.24) is 10.3 Å². The molecular formula is C48H73N3O6. The number of pyridine rings is 1. The zero-order valence-electron chi connectivity index (χ0n) is 36.5. The summed E-state index contributed by atoms with van der Waals surface area (Å²) in [5.74, 6) is 1.49. The Morgan fingerprint density at radius 2 is 1.67 bits per heavy atom. The van der Waals surface area contributed by atoms with Crippen LogP contribution in [0.3, 0.4) is 0 Å². The number of carboxylic acids is 1. The van der Waals surface area contributed by atoms with E-state index in [4.69, 9.17) is 14.5 Å². The van der Waals surface area contributed by atoms with Gasteiger partial charge in [0.2, 0.25) is 5.91 Å². The molecule has 1 unspecified atom stereocenters. The highest BCUT2D eigenvalue weighted by Crippen LogP contribution is 2.78. The minimum atomic E-state index is -0.886. The first-order valence-corrected chi connectivity index (χ1v) is 22.4. The molecule has 1 saturated heterocycles. The Labute approximate surface area is 342 Å². The van der Waals surface area contributed by atoms with E-state index in [2.05, 4.69) is 64.4 Å². The van der Waals surface area contributed by atoms with Gasteiger partial charge in [-0.15, -0.1) is 0 Å². The van der Waals surface area contributed by atoms with E-state index in [1.807, 2.05) is 26.1 Å². The number of hydrogen-bond acceptors (Lipinski definition) is 7. The molecule has 0 aromatic carbocycles. The summed E-state index contributed by atoms with van der Waals surface area (Å²) in [4.78, 5) is 45.7. The van der Waals surface area contributed by atoms with Crippen molar-refractivity contribution in [3.05, 3.63) is 36.2 Å². The van der Waals surface area contributed by atoms with Gasteiger partial charge in [-0.25, -0.2) is 0 Å². The van der Waals surface area contributed by atoms with E-state index in [0.29, 0.717) is 42.6 Å². The highest BCUT2D eigenvalue weighted by atomic mass is 16.5. The number of nitrogens with one attached hydrogen (secondary N) is 1. The number of carbonyl (C=O) groups excluding carboxylic acids is 2. The minimum Gasteiger partial charge on any atom is -0.481 e. The summed E-state index contributed by atoms with van der Waals surface area (Å²) in [6.45, 7) is 26.7. The molecule has 1 aliphatic heterocycles. The third-order valence-corrected chi connectivity index (χ3v) is 17.9. The van der Waals surface area contributed by atoms with Gasteiger partial charge >= 0.3 is 11.9 Å². The van der Waals surface area contributed by atoms with Gasteiger partial charge in [-0.05, 0) is 140 Å². The van der Waals surface area contributed by atoms with E-state index in [9.17, 15) is 19.5 Å². The SMILES string of the molecule is C=C(C)C1CC[C@]2(CC(=O)NCc3ccc(N4CCOCC4)cn3)CC[C@]3(C)[C@H](CC[C@@H]4[C@@]5(C)CC[C@H](OC(=O)CC(C)(C)CC(=O)O)C(C)(C)[C@@H]5CC[C@]43C)[C@@H]12. The first kappa shape index (κ1) is 42.2. The fourth-order valence-electron chi connectivity index (χ4n) is 14.9. The smallest absolute Gasteiger partial charge is 0.306 e. The van der Waals surface area contributed by atoms with Crippen molar-refractivity contribution >= 4 is 23.5 Å². The lowest BCUT2D eigenvalue weighted by Gasteiger charge is -2.73. The summed E-state index contributed by atoms with van der Waals surface area (Å²) >= 11 is 0. The number of hydrogen-bond donors (Lipinski definition) is 2. The normalized spacial score (nSPS) is 38.5. The Kier molecular flexibility index (Phi) is 11.3. The summed E-state index contributed by atoms with van der Waals surface area (Å²) in [7, 11) is 0. The van der Waals surface area contributed by atoms with E-state index < -0.39 is 11.4 Å². The number of allylic oxidation sites excluding steroid dienone is 1. The maximum absolute atomic E-state index is 14.0. The molecule has 5 saturated carbocycles. The van der Waals surface area contributed by atoms with Gasteiger partial charge in [0.15, 0.2) is 0 Å². The number of carboxylic acid groups (broad SMARTS) is 1. The molecule has 0 spiro atoms. The number of aliphatic carboxylic acids is 1. The molecule has 7 rings (SSSR count). The van der Waals surface area contributed by atoms with Crippen LogP contribution in [0.2, 0.25) is 0 Å². The number of anilines is 1. The Hall–Kier alpha value is -2.94. The number of carbonyl (C=O) groups is 3. The molecule has 6 fully saturated rings. The van der Waals surface area contributed by atoms with Crippen molar-refractivity contribution in [2.75, 3.05) is 31.2 Å². The summed E-state index contributed by atoms with van der Waals surface area (Å²) in [5.41, 5.74) is 2.96. The predicted octanol–water partition coefficient (Wildman–Crippen LogP) is 9.38. The number of fused-ring (bicyclic) bond motifs is 7. The number of ether oxygens (including phenoxy) is 2. The van der Waals surface area contributed by atoms with E-state index in [0.717, 1.165) is 76.2 Å². The lowest BCUT2D eigenvalue weighted by Crippen LogP contribution is -2.67. The van der Waals surface area contributed by atoms with Crippen LogP contribution in [0.5, 0.6) is 0 Å². The van der Waals surface area contributed by atoms with Crippen LogP contribution in [-0.2, 0) is 30.4 Å². The summed E-state index contributed by atoms with van der Waals surface area (Å²) < 4.78 is 11.8. The summed E-state index contributed by atoms with van der Waals surface area (Å²) in [5, 5.41) is 12.7. The molecule has 2 N–H and O–H groups in total. The number of morpholine rings is 1. The topological polar surface area (TPSA) is 118 Å². The van der Waals surface area contributed by atoms with Crippen molar-refractivity contribution in [2.45, 2.75) is 152 Å². The largest absolute Gasteiger partial charge is 0.481 e. The average molecular weight is 788 g/mol. The van der Waals surface area contributed by atoms with Gasteiger partial charge in [-0.3, -0.25) is 19.4 Å². The van der Waals surface area contributed by atoms with Gasteiger partial charge in [0.05, 0.1) is 50.2 Å². The molecule has 1 amide bonds. The number of esters is 1. The summed E-state index contributed by atoms with van der Waals surface area (Å²) in [6.07, 6.45) is 13.5. The standard InChI is InChI=1S/C48H73N3O6/c1-31(2)34-14-19-48(26-39(52)50-29-32-10-11-33(30-49-32)51-22-24-56-25-23-51)21-20-46(8)35(42(34)48)12-13-37-45(7)17-16-38(44(5,6)36(45)15-18-47(37,46)9)57-41(55)28-43(3,4)27-40(53)54/h10-11,30,34-38,42H,1,12-29H2,2-9H3,(H,50,52)(H,53,54)/t34?,35-,36+,37-,38+,42-,45+,46-,47-,48-/m1/s1. The monoisotopic (exact) mass is 788 g/mol. The maximum Gasteiger partial charge on any atom is 0.306 e. The van der Waals surface area contributed by atoms with Gasteiger partial charge in [0, 0.05) is 24.9 Å². The van der Waals surface area contributed by atoms with E-state index in [1.54, 1.807) is 0 Å². The van der Waals surface area contributed by atoms with E-state index in [1.165, 1.54) is 31.3 Å². The van der Waals surface area contributed by atoms with Crippen LogP contribution < -0.4 is 10.2 Å². The second kappa shape index (κ2) is 15.3. The van der Waals surface area contributed by atoms with Crippen LogP contribution in [0, 0.1) is 62.1 Å². The first-order valence-electron chi connectivity index (χ1n) is 22.4. The Morgan fingerprint density at radius 1 is 0.930 bits per heavy atom. The molecule has 5 aliphatic carbocycles. The fraction of sp³-hybridized carbons (Fsp3) is 0.792. The van der Waals surface area contributed by atoms with Gasteiger partial charge in [-0.2, -0.15) is 0 Å². The van der Waals surface area contributed by atoms with Crippen LogP contribution in [0.1, 0.15) is 145 Å². The molecule has 1 aromatic rings. The molecule has 1 aromatic heterocycles. The van der Waals surface area contributed by atoms with E-state index in [-0.39, 0.29) is 57.9 Å². The zero-order chi connectivity index (χ0) is 41.2. The highest BCUT2D eigenvalue weighted by molar-refractivity contribution is 5.77. The van der Waals surface area contributed by atoms with Gasteiger partial charge in [0.25, 0.3) is 0 Å². The lowest BCUT2D eigenvalue weighted by molar-refractivity contribution is -0.250. The average Bonchev–Trinajstić information content (AvgIpc) is 3.51. The molecule has 2 heterocycles. The molecular weight excluding hydrogens is 715 g/mol. The van der Waals surface area contributed by atoms with Crippen molar-refractivity contribution in [1.29, 1.82) is 0 Å². The van der Waals surface area contributed by atoms with Crippen molar-refractivity contribution in [3.8, 4) is 0 Å². The van der Waals surface area contributed by atoms with Crippen LogP contribution in [0.4, 0.5) is 5.69 Å². The highest BCUT2D eigenvalue weighted by Gasteiger charge is 2.71. The molecule has 10 atom stereocenters. The van der Waals surface area contributed by atoms with Crippen LogP contribution in [-0.4, -0.2) is 60.3 Å². The van der Waals surface area contributed by atoms with Crippen molar-refractivity contribution in [3.63, 3.8) is 0 Å². The lowest BCUT2D eigenvalue weighted by atomic mass is 9.32. The molecule has 0 bridgehead atoms. The number of rotatable bonds is 11. The molecule has 0 radical (unpaired) electrons.